The van der Waals surface area contributed by atoms with E-state index in [-0.39, 0.29) is 10.0 Å². The summed E-state index contributed by atoms with van der Waals surface area (Å²) in [5, 5.41) is 6.86. The summed E-state index contributed by atoms with van der Waals surface area (Å²) in [6, 6.07) is 0. The molecule has 76 valence electrons. The van der Waals surface area contributed by atoms with Crippen LogP contribution in [0.4, 0.5) is 0 Å². The fraction of sp³-hybridized carbons (Fsp3) is 0.429. The van der Waals surface area contributed by atoms with Crippen LogP contribution in [0.1, 0.15) is 6.35 Å². The second-order valence-corrected chi connectivity index (χ2v) is 3.52. The summed E-state index contributed by atoms with van der Waals surface area (Å²) < 4.78 is 6.33. The molecular weight excluding hydrogens is 229 g/mol. The van der Waals surface area contributed by atoms with Crippen LogP contribution in [0, 0.1) is 0 Å². The third kappa shape index (κ3) is 1.64. The predicted molar refractivity (Wildman–Crippen MR) is 51.5 cm³/mol. The highest BCUT2D eigenvalue weighted by atomic mass is 35.5. The number of nitrogens with zero attached hydrogens (tertiary/aromatic N) is 2. The topological polar surface area (TPSA) is 56.2 Å². The van der Waals surface area contributed by atoms with Gasteiger partial charge in [-0.05, 0) is 0 Å². The zero-order valence-corrected chi connectivity index (χ0v) is 8.55. The van der Waals surface area contributed by atoms with E-state index < -0.39 is 11.9 Å². The molecule has 14 heavy (non-hydrogen) atoms. The fourth-order valence-corrected chi connectivity index (χ4v) is 1.42. The average molecular weight is 236 g/mol. The van der Waals surface area contributed by atoms with E-state index in [9.17, 15) is 4.79 Å². The molecule has 1 aromatic rings. The summed E-state index contributed by atoms with van der Waals surface area (Å²) in [4.78, 5) is 11.5. The van der Waals surface area contributed by atoms with Gasteiger partial charge in [-0.1, -0.05) is 23.2 Å². The van der Waals surface area contributed by atoms with E-state index in [1.807, 2.05) is 0 Å². The molecule has 1 unspecified atom stereocenters. The minimum atomic E-state index is -0.544. The lowest BCUT2D eigenvalue weighted by Gasteiger charge is -2.11. The number of nitrogens with one attached hydrogen (secondary N) is 1. The molecular formula is C7H7Cl2N3O2. The first kappa shape index (κ1) is 9.92. The van der Waals surface area contributed by atoms with Crippen molar-refractivity contribution >= 4 is 23.2 Å². The molecule has 5 nitrogen and oxygen atoms in total. The summed E-state index contributed by atoms with van der Waals surface area (Å²) in [6.45, 7) is 1.22. The molecule has 7 heteroatoms. The van der Waals surface area contributed by atoms with Gasteiger partial charge < -0.3 is 4.74 Å². The number of hydrogen-bond donors (Lipinski definition) is 1. The third-order valence-electron chi connectivity index (χ3n) is 1.82. The molecule has 0 aliphatic carbocycles. The summed E-state index contributed by atoms with van der Waals surface area (Å²) in [6.07, 6.45) is 0.770. The lowest BCUT2D eigenvalue weighted by molar-refractivity contribution is 0.0303. The van der Waals surface area contributed by atoms with Crippen molar-refractivity contribution in [1.29, 1.82) is 0 Å². The van der Waals surface area contributed by atoms with Gasteiger partial charge >= 0.3 is 0 Å². The van der Waals surface area contributed by atoms with Gasteiger partial charge in [0.1, 0.15) is 5.02 Å². The van der Waals surface area contributed by atoms with Crippen LogP contribution in [0.15, 0.2) is 11.0 Å². The van der Waals surface area contributed by atoms with Crippen molar-refractivity contribution in [3.8, 4) is 0 Å². The second-order valence-electron chi connectivity index (χ2n) is 2.73. The van der Waals surface area contributed by atoms with Gasteiger partial charge in [0.2, 0.25) is 6.35 Å². The van der Waals surface area contributed by atoms with Crippen molar-refractivity contribution in [1.82, 2.24) is 15.1 Å². The number of ether oxygens (including phenoxy) is 1. The maximum absolute atomic E-state index is 11.5. The van der Waals surface area contributed by atoms with Crippen LogP contribution in [0.2, 0.25) is 10.0 Å². The molecule has 1 atom stereocenters. The molecule has 0 radical (unpaired) electrons. The monoisotopic (exact) mass is 235 g/mol. The molecule has 2 rings (SSSR count). The lowest BCUT2D eigenvalue weighted by atomic mass is 10.5. The first-order valence-electron chi connectivity index (χ1n) is 3.98. The van der Waals surface area contributed by atoms with Gasteiger partial charge in [0.05, 0.1) is 17.8 Å². The number of hydrogen-bond acceptors (Lipinski definition) is 4. The highest BCUT2D eigenvalue weighted by Crippen LogP contribution is 2.16. The Balaban J connectivity index is 2.44. The lowest BCUT2D eigenvalue weighted by Crippen LogP contribution is -2.33. The largest absolute Gasteiger partial charge is 0.342 e. The van der Waals surface area contributed by atoms with Gasteiger partial charge in [0.25, 0.3) is 5.56 Å². The Kier molecular flexibility index (Phi) is 2.73. The van der Waals surface area contributed by atoms with Crippen LogP contribution in [0.5, 0.6) is 0 Å². The highest BCUT2D eigenvalue weighted by molar-refractivity contribution is 6.41. The molecule has 1 aliphatic heterocycles. The summed E-state index contributed by atoms with van der Waals surface area (Å²) in [7, 11) is 0. The molecule has 0 spiro atoms. The minimum Gasteiger partial charge on any atom is -0.342 e. The normalized spacial score (nSPS) is 21.4. The average Bonchev–Trinajstić information content (AvgIpc) is 2.67. The summed E-state index contributed by atoms with van der Waals surface area (Å²) in [5.74, 6) is 0. The van der Waals surface area contributed by atoms with Crippen LogP contribution < -0.4 is 10.9 Å². The van der Waals surface area contributed by atoms with Crippen molar-refractivity contribution in [2.75, 3.05) is 13.2 Å². The summed E-state index contributed by atoms with van der Waals surface area (Å²) in [5.41, 5.74) is -0.460. The maximum atomic E-state index is 11.5. The number of halogens is 2. The highest BCUT2D eigenvalue weighted by Gasteiger charge is 2.20. The predicted octanol–water partition coefficient (Wildman–Crippen LogP) is 0.626. The maximum Gasteiger partial charge on any atom is 0.290 e. The Morgan fingerprint density at radius 3 is 3.07 bits per heavy atom. The standard InChI is InChI=1S/C7H7Cl2N3O2/c8-4-3-11-12(6(13)5(4)9)7-10-1-2-14-7/h3,7,10H,1-2H2. The van der Waals surface area contributed by atoms with Crippen molar-refractivity contribution in [3.63, 3.8) is 0 Å². The summed E-state index contributed by atoms with van der Waals surface area (Å²) >= 11 is 11.3. The molecule has 1 aliphatic rings. The fourth-order valence-electron chi connectivity index (χ4n) is 1.16. The van der Waals surface area contributed by atoms with Crippen LogP contribution in [0.25, 0.3) is 0 Å². The first-order chi connectivity index (χ1) is 6.70. The van der Waals surface area contributed by atoms with Crippen molar-refractivity contribution in [2.24, 2.45) is 0 Å². The molecule has 1 saturated heterocycles. The van der Waals surface area contributed by atoms with E-state index in [1.165, 1.54) is 6.20 Å². The first-order valence-corrected chi connectivity index (χ1v) is 4.73. The van der Waals surface area contributed by atoms with Crippen molar-refractivity contribution in [3.05, 3.63) is 26.6 Å². The minimum absolute atomic E-state index is 0.0426. The Bertz CT molecular complexity index is 400. The van der Waals surface area contributed by atoms with E-state index in [2.05, 4.69) is 10.4 Å². The number of rotatable bonds is 1. The van der Waals surface area contributed by atoms with Crippen LogP contribution >= 0.6 is 23.2 Å². The van der Waals surface area contributed by atoms with Crippen LogP contribution in [-0.2, 0) is 4.74 Å². The molecule has 0 bridgehead atoms. The van der Waals surface area contributed by atoms with Crippen molar-refractivity contribution < 1.29 is 4.74 Å². The molecule has 1 fully saturated rings. The van der Waals surface area contributed by atoms with E-state index >= 15 is 0 Å². The van der Waals surface area contributed by atoms with Gasteiger partial charge in [-0.2, -0.15) is 9.78 Å². The van der Waals surface area contributed by atoms with Gasteiger partial charge in [-0.25, -0.2) is 0 Å². The van der Waals surface area contributed by atoms with Gasteiger partial charge in [0.15, 0.2) is 0 Å². The van der Waals surface area contributed by atoms with Gasteiger partial charge in [0, 0.05) is 6.54 Å². The quantitative estimate of drug-likeness (QED) is 0.776. The molecule has 0 saturated carbocycles. The molecule has 0 aromatic carbocycles. The smallest absolute Gasteiger partial charge is 0.290 e. The van der Waals surface area contributed by atoms with Crippen LogP contribution in [-0.4, -0.2) is 22.9 Å². The molecule has 1 N–H and O–H groups in total. The van der Waals surface area contributed by atoms with E-state index in [4.69, 9.17) is 27.9 Å². The van der Waals surface area contributed by atoms with Gasteiger partial charge in [-0.15, -0.1) is 0 Å². The molecule has 2 heterocycles. The third-order valence-corrected chi connectivity index (χ3v) is 2.57. The zero-order chi connectivity index (χ0) is 10.1. The van der Waals surface area contributed by atoms with Crippen molar-refractivity contribution in [2.45, 2.75) is 6.35 Å². The Hall–Kier alpha value is -0.620. The molecule has 1 aromatic heterocycles. The zero-order valence-electron chi connectivity index (χ0n) is 7.04. The Morgan fingerprint density at radius 2 is 2.43 bits per heavy atom. The second kappa shape index (κ2) is 3.86. The van der Waals surface area contributed by atoms with Gasteiger partial charge in [-0.3, -0.25) is 10.1 Å². The SMILES string of the molecule is O=c1c(Cl)c(Cl)cnn1C1NCCO1. The molecule has 0 amide bonds. The van der Waals surface area contributed by atoms with E-state index in [0.717, 1.165) is 4.68 Å². The van der Waals surface area contributed by atoms with E-state index in [0.29, 0.717) is 13.2 Å². The Morgan fingerprint density at radius 1 is 1.64 bits per heavy atom. The van der Waals surface area contributed by atoms with E-state index in [1.54, 1.807) is 0 Å². The van der Waals surface area contributed by atoms with Crippen LogP contribution in [0.3, 0.4) is 0 Å². The Labute approximate surface area is 89.6 Å². The number of aromatic nitrogens is 2.